The van der Waals surface area contributed by atoms with Crippen LogP contribution >= 0.6 is 0 Å². The van der Waals surface area contributed by atoms with Crippen LogP contribution in [0.25, 0.3) is 0 Å². The Kier molecular flexibility index (Phi) is 4.37. The SMILES string of the molecule is CCNC(CC)c1cnn(Cc2cc(C)nn2C)c1. The average molecular weight is 261 g/mol. The van der Waals surface area contributed by atoms with E-state index in [0.29, 0.717) is 6.04 Å². The quantitative estimate of drug-likeness (QED) is 0.865. The van der Waals surface area contributed by atoms with Crippen LogP contribution in [-0.2, 0) is 13.6 Å². The normalized spacial score (nSPS) is 12.8. The summed E-state index contributed by atoms with van der Waals surface area (Å²) >= 11 is 0. The minimum Gasteiger partial charge on any atom is -0.310 e. The lowest BCUT2D eigenvalue weighted by Crippen LogP contribution is -2.19. The first-order valence-corrected chi connectivity index (χ1v) is 6.89. The lowest BCUT2D eigenvalue weighted by molar-refractivity contribution is 0.536. The fourth-order valence-electron chi connectivity index (χ4n) is 2.37. The standard InChI is InChI=1S/C14H23N5/c1-5-14(15-6-2)12-8-16-19(9-12)10-13-7-11(3)17-18(13)4/h7-9,14-15H,5-6,10H2,1-4H3. The van der Waals surface area contributed by atoms with Crippen molar-refractivity contribution in [3.63, 3.8) is 0 Å². The molecule has 5 heteroatoms. The zero-order valence-corrected chi connectivity index (χ0v) is 12.2. The van der Waals surface area contributed by atoms with E-state index in [-0.39, 0.29) is 0 Å². The number of nitrogens with zero attached hydrogens (tertiary/aromatic N) is 4. The van der Waals surface area contributed by atoms with E-state index in [1.165, 1.54) is 11.3 Å². The summed E-state index contributed by atoms with van der Waals surface area (Å²) in [4.78, 5) is 0. The Labute approximate surface area is 114 Å². The predicted molar refractivity (Wildman–Crippen MR) is 76.0 cm³/mol. The van der Waals surface area contributed by atoms with Crippen molar-refractivity contribution in [1.29, 1.82) is 0 Å². The average Bonchev–Trinajstić information content (AvgIpc) is 2.94. The maximum absolute atomic E-state index is 4.45. The molecular formula is C14H23N5. The molecule has 0 radical (unpaired) electrons. The van der Waals surface area contributed by atoms with Crippen LogP contribution in [0.4, 0.5) is 0 Å². The minimum atomic E-state index is 0.395. The van der Waals surface area contributed by atoms with Crippen molar-refractivity contribution in [2.24, 2.45) is 7.05 Å². The van der Waals surface area contributed by atoms with Crippen molar-refractivity contribution in [1.82, 2.24) is 24.9 Å². The molecule has 0 spiro atoms. The van der Waals surface area contributed by atoms with Crippen LogP contribution in [0.1, 0.15) is 43.3 Å². The maximum Gasteiger partial charge on any atom is 0.0828 e. The Balaban J connectivity index is 2.10. The Hall–Kier alpha value is -1.62. The lowest BCUT2D eigenvalue weighted by atomic mass is 10.1. The van der Waals surface area contributed by atoms with Gasteiger partial charge in [0.05, 0.1) is 24.1 Å². The molecule has 1 atom stereocenters. The maximum atomic E-state index is 4.45. The molecule has 0 aliphatic carbocycles. The summed E-state index contributed by atoms with van der Waals surface area (Å²) in [6.45, 7) is 8.07. The van der Waals surface area contributed by atoms with E-state index in [9.17, 15) is 0 Å². The number of hydrogen-bond donors (Lipinski definition) is 1. The summed E-state index contributed by atoms with van der Waals surface area (Å²) < 4.78 is 3.89. The zero-order valence-electron chi connectivity index (χ0n) is 12.2. The van der Waals surface area contributed by atoms with Gasteiger partial charge in [-0.1, -0.05) is 13.8 Å². The molecule has 0 saturated heterocycles. The highest BCUT2D eigenvalue weighted by Crippen LogP contribution is 2.16. The summed E-state index contributed by atoms with van der Waals surface area (Å²) in [5.74, 6) is 0. The largest absolute Gasteiger partial charge is 0.310 e. The topological polar surface area (TPSA) is 47.7 Å². The molecular weight excluding hydrogens is 238 g/mol. The molecule has 5 nitrogen and oxygen atoms in total. The van der Waals surface area contributed by atoms with Crippen molar-refractivity contribution >= 4 is 0 Å². The summed E-state index contributed by atoms with van der Waals surface area (Å²) in [5, 5.41) is 12.3. The van der Waals surface area contributed by atoms with Crippen LogP contribution in [0.15, 0.2) is 18.5 Å². The number of nitrogens with one attached hydrogen (secondary N) is 1. The third kappa shape index (κ3) is 3.23. The van der Waals surface area contributed by atoms with E-state index in [1.54, 1.807) is 0 Å². The van der Waals surface area contributed by atoms with E-state index in [2.05, 4.69) is 41.6 Å². The highest BCUT2D eigenvalue weighted by atomic mass is 15.3. The van der Waals surface area contributed by atoms with Gasteiger partial charge in [-0.3, -0.25) is 9.36 Å². The molecule has 0 saturated carbocycles. The van der Waals surface area contributed by atoms with Gasteiger partial charge in [-0.25, -0.2) is 0 Å². The van der Waals surface area contributed by atoms with Crippen molar-refractivity contribution in [3.8, 4) is 0 Å². The van der Waals surface area contributed by atoms with Gasteiger partial charge in [-0.05, 0) is 26.0 Å². The second-order valence-electron chi connectivity index (χ2n) is 4.89. The van der Waals surface area contributed by atoms with E-state index in [0.717, 1.165) is 25.2 Å². The Bertz CT molecular complexity index is 526. The van der Waals surface area contributed by atoms with Gasteiger partial charge < -0.3 is 5.32 Å². The molecule has 0 fully saturated rings. The monoisotopic (exact) mass is 261 g/mol. The molecule has 1 N–H and O–H groups in total. The third-order valence-corrected chi connectivity index (χ3v) is 3.34. The molecule has 1 unspecified atom stereocenters. The van der Waals surface area contributed by atoms with Gasteiger partial charge in [0.2, 0.25) is 0 Å². The molecule has 0 amide bonds. The smallest absolute Gasteiger partial charge is 0.0828 e. The zero-order chi connectivity index (χ0) is 13.8. The highest BCUT2D eigenvalue weighted by molar-refractivity contribution is 5.13. The first-order chi connectivity index (χ1) is 9.13. The first kappa shape index (κ1) is 13.8. The molecule has 2 heterocycles. The Morgan fingerprint density at radius 2 is 2.16 bits per heavy atom. The summed E-state index contributed by atoms with van der Waals surface area (Å²) in [6.07, 6.45) is 5.16. The van der Waals surface area contributed by atoms with Gasteiger partial charge in [0.15, 0.2) is 0 Å². The first-order valence-electron chi connectivity index (χ1n) is 6.89. The van der Waals surface area contributed by atoms with Gasteiger partial charge in [-0.2, -0.15) is 10.2 Å². The number of hydrogen-bond acceptors (Lipinski definition) is 3. The van der Waals surface area contributed by atoms with Crippen LogP contribution < -0.4 is 5.32 Å². The van der Waals surface area contributed by atoms with Crippen LogP contribution in [-0.4, -0.2) is 26.1 Å². The van der Waals surface area contributed by atoms with Gasteiger partial charge in [-0.15, -0.1) is 0 Å². The van der Waals surface area contributed by atoms with E-state index < -0.39 is 0 Å². The van der Waals surface area contributed by atoms with Crippen molar-refractivity contribution in [3.05, 3.63) is 35.4 Å². The fourth-order valence-corrected chi connectivity index (χ4v) is 2.37. The van der Waals surface area contributed by atoms with Crippen LogP contribution in [0.3, 0.4) is 0 Å². The van der Waals surface area contributed by atoms with Gasteiger partial charge in [0.1, 0.15) is 0 Å². The van der Waals surface area contributed by atoms with E-state index >= 15 is 0 Å². The number of rotatable bonds is 6. The molecule has 2 rings (SSSR count). The highest BCUT2D eigenvalue weighted by Gasteiger charge is 2.11. The van der Waals surface area contributed by atoms with Crippen molar-refractivity contribution in [2.45, 2.75) is 39.8 Å². The fraction of sp³-hybridized carbons (Fsp3) is 0.571. The van der Waals surface area contributed by atoms with Gasteiger partial charge >= 0.3 is 0 Å². The lowest BCUT2D eigenvalue weighted by Gasteiger charge is -2.13. The number of aromatic nitrogens is 4. The number of aryl methyl sites for hydroxylation is 2. The molecule has 0 aromatic carbocycles. The molecule has 0 aliphatic heterocycles. The Morgan fingerprint density at radius 1 is 1.37 bits per heavy atom. The van der Waals surface area contributed by atoms with Gasteiger partial charge in [0.25, 0.3) is 0 Å². The van der Waals surface area contributed by atoms with Crippen molar-refractivity contribution in [2.75, 3.05) is 6.54 Å². The summed E-state index contributed by atoms with van der Waals surface area (Å²) in [6, 6.07) is 2.50. The third-order valence-electron chi connectivity index (χ3n) is 3.34. The predicted octanol–water partition coefficient (Wildman–Crippen LogP) is 2.03. The molecule has 0 bridgehead atoms. The van der Waals surface area contributed by atoms with E-state index in [4.69, 9.17) is 0 Å². The second-order valence-corrected chi connectivity index (χ2v) is 4.89. The van der Waals surface area contributed by atoms with E-state index in [1.807, 2.05) is 29.5 Å². The molecule has 104 valence electrons. The van der Waals surface area contributed by atoms with Crippen LogP contribution in [0.2, 0.25) is 0 Å². The van der Waals surface area contributed by atoms with Gasteiger partial charge in [0, 0.05) is 24.8 Å². The Morgan fingerprint density at radius 3 is 2.74 bits per heavy atom. The molecule has 2 aromatic heterocycles. The molecule has 19 heavy (non-hydrogen) atoms. The van der Waals surface area contributed by atoms with Crippen molar-refractivity contribution < 1.29 is 0 Å². The summed E-state index contributed by atoms with van der Waals surface area (Å²) in [7, 11) is 1.97. The van der Waals surface area contributed by atoms with Crippen LogP contribution in [0.5, 0.6) is 0 Å². The summed E-state index contributed by atoms with van der Waals surface area (Å²) in [5.41, 5.74) is 3.47. The molecule has 0 aliphatic rings. The van der Waals surface area contributed by atoms with Crippen LogP contribution in [0, 0.1) is 6.92 Å². The molecule has 2 aromatic rings. The second kappa shape index (κ2) is 6.02. The minimum absolute atomic E-state index is 0.395.